The van der Waals surface area contributed by atoms with Gasteiger partial charge in [0.25, 0.3) is 0 Å². The van der Waals surface area contributed by atoms with Crippen LogP contribution in [0.15, 0.2) is 18.3 Å². The highest BCUT2D eigenvalue weighted by atomic mass is 16.5. The van der Waals surface area contributed by atoms with Gasteiger partial charge in [0.2, 0.25) is 5.91 Å². The molecule has 0 aliphatic carbocycles. The molecule has 14 heavy (non-hydrogen) atoms. The normalized spacial score (nSPS) is 21.7. The van der Waals surface area contributed by atoms with Crippen LogP contribution in [0.3, 0.4) is 0 Å². The van der Waals surface area contributed by atoms with E-state index in [1.807, 2.05) is 6.07 Å². The van der Waals surface area contributed by atoms with E-state index in [1.165, 1.54) is 0 Å². The maximum atomic E-state index is 11.0. The lowest BCUT2D eigenvalue weighted by molar-refractivity contribution is -0.131. The van der Waals surface area contributed by atoms with Gasteiger partial charge in [-0.05, 0) is 11.6 Å². The second-order valence-corrected chi connectivity index (χ2v) is 3.15. The average Bonchev–Trinajstić information content (AvgIpc) is 2.19. The van der Waals surface area contributed by atoms with Crippen LogP contribution in [0.4, 0.5) is 5.82 Å². The van der Waals surface area contributed by atoms with Crippen LogP contribution in [-0.2, 0) is 9.53 Å². The minimum absolute atomic E-state index is 0.0990. The molecule has 3 N–H and O–H groups in total. The summed E-state index contributed by atoms with van der Waals surface area (Å²) >= 11 is 0. The van der Waals surface area contributed by atoms with E-state index >= 15 is 0 Å². The molecule has 0 bridgehead atoms. The second-order valence-electron chi connectivity index (χ2n) is 3.15. The fourth-order valence-electron chi connectivity index (χ4n) is 1.35. The van der Waals surface area contributed by atoms with Crippen LogP contribution in [0.5, 0.6) is 0 Å². The van der Waals surface area contributed by atoms with Gasteiger partial charge in [0, 0.05) is 6.20 Å². The molecule has 0 radical (unpaired) electrons. The first-order valence-corrected chi connectivity index (χ1v) is 4.34. The van der Waals surface area contributed by atoms with Gasteiger partial charge in [0.1, 0.15) is 12.4 Å². The Kier molecular flexibility index (Phi) is 2.32. The van der Waals surface area contributed by atoms with E-state index in [0.29, 0.717) is 12.4 Å². The van der Waals surface area contributed by atoms with Crippen molar-refractivity contribution in [3.8, 4) is 0 Å². The Morgan fingerprint density at radius 1 is 1.57 bits per heavy atom. The number of nitrogen functional groups attached to an aromatic ring is 1. The highest BCUT2D eigenvalue weighted by molar-refractivity contribution is 5.78. The Morgan fingerprint density at radius 2 is 2.43 bits per heavy atom. The number of hydrogen-bond donors (Lipinski definition) is 2. The number of carbonyl (C=O) groups excluding carboxylic acids is 1. The number of nitrogens with two attached hydrogens (primary N) is 1. The summed E-state index contributed by atoms with van der Waals surface area (Å²) in [5, 5.41) is 2.81. The number of amides is 1. The quantitative estimate of drug-likeness (QED) is 0.650. The predicted octanol–water partition coefficient (Wildman–Crippen LogP) is -0.149. The van der Waals surface area contributed by atoms with Gasteiger partial charge in [-0.2, -0.15) is 0 Å². The lowest BCUT2D eigenvalue weighted by Crippen LogP contribution is -2.39. The highest BCUT2D eigenvalue weighted by Crippen LogP contribution is 2.15. The summed E-state index contributed by atoms with van der Waals surface area (Å²) in [5.74, 6) is 0.370. The van der Waals surface area contributed by atoms with E-state index < -0.39 is 0 Å². The third kappa shape index (κ3) is 1.82. The molecule has 0 unspecified atom stereocenters. The predicted molar refractivity (Wildman–Crippen MR) is 50.4 cm³/mol. The summed E-state index contributed by atoms with van der Waals surface area (Å²) < 4.78 is 5.11. The number of ether oxygens (including phenoxy) is 1. The van der Waals surface area contributed by atoms with Crippen LogP contribution in [0.2, 0.25) is 0 Å². The molecule has 74 valence electrons. The number of pyridine rings is 1. The lowest BCUT2D eigenvalue weighted by Gasteiger charge is -2.23. The zero-order chi connectivity index (χ0) is 9.97. The van der Waals surface area contributed by atoms with Crippen LogP contribution in [0.25, 0.3) is 0 Å². The summed E-state index contributed by atoms with van der Waals surface area (Å²) in [6.07, 6.45) is 1.65. The molecule has 1 atom stereocenters. The number of anilines is 1. The molecule has 1 fully saturated rings. The number of hydrogen-bond acceptors (Lipinski definition) is 4. The summed E-state index contributed by atoms with van der Waals surface area (Å²) in [5.41, 5.74) is 6.36. The zero-order valence-corrected chi connectivity index (χ0v) is 7.56. The van der Waals surface area contributed by atoms with Crippen LogP contribution < -0.4 is 11.1 Å². The number of rotatable bonds is 1. The molecule has 0 spiro atoms. The van der Waals surface area contributed by atoms with Crippen molar-refractivity contribution in [2.24, 2.45) is 0 Å². The second kappa shape index (κ2) is 3.63. The molecule has 1 aromatic rings. The molecule has 1 amide bonds. The SMILES string of the molecule is Nc1ccc([C@@H]2COCC(=O)N2)cn1. The summed E-state index contributed by atoms with van der Waals surface area (Å²) in [4.78, 5) is 15.0. The molecule has 1 aliphatic heterocycles. The van der Waals surface area contributed by atoms with Crippen molar-refractivity contribution >= 4 is 11.7 Å². The topological polar surface area (TPSA) is 77.2 Å². The van der Waals surface area contributed by atoms with Crippen LogP contribution in [0.1, 0.15) is 11.6 Å². The van der Waals surface area contributed by atoms with E-state index in [0.717, 1.165) is 5.56 Å². The first kappa shape index (κ1) is 8.96. The molecule has 1 aromatic heterocycles. The smallest absolute Gasteiger partial charge is 0.246 e. The van der Waals surface area contributed by atoms with Gasteiger partial charge in [-0.25, -0.2) is 4.98 Å². The van der Waals surface area contributed by atoms with E-state index in [2.05, 4.69) is 10.3 Å². The van der Waals surface area contributed by atoms with E-state index in [-0.39, 0.29) is 18.6 Å². The van der Waals surface area contributed by atoms with Crippen LogP contribution >= 0.6 is 0 Å². The van der Waals surface area contributed by atoms with Crippen LogP contribution in [-0.4, -0.2) is 24.1 Å². The Labute approximate surface area is 81.3 Å². The molecular weight excluding hydrogens is 182 g/mol. The number of morpholine rings is 1. The number of aromatic nitrogens is 1. The minimum atomic E-state index is -0.107. The van der Waals surface area contributed by atoms with E-state index in [9.17, 15) is 4.79 Å². The number of nitrogens with zero attached hydrogens (tertiary/aromatic N) is 1. The highest BCUT2D eigenvalue weighted by Gasteiger charge is 2.20. The summed E-state index contributed by atoms with van der Waals surface area (Å²) in [7, 11) is 0. The summed E-state index contributed by atoms with van der Waals surface area (Å²) in [6.45, 7) is 0.621. The van der Waals surface area contributed by atoms with Gasteiger partial charge in [0.05, 0.1) is 12.6 Å². The molecule has 5 heteroatoms. The van der Waals surface area contributed by atoms with Gasteiger partial charge in [-0.1, -0.05) is 6.07 Å². The summed E-state index contributed by atoms with van der Waals surface area (Å²) in [6, 6.07) is 3.43. The van der Waals surface area contributed by atoms with E-state index in [1.54, 1.807) is 12.3 Å². The van der Waals surface area contributed by atoms with Gasteiger partial charge in [0.15, 0.2) is 0 Å². The fourth-order valence-corrected chi connectivity index (χ4v) is 1.35. The minimum Gasteiger partial charge on any atom is -0.384 e. The van der Waals surface area contributed by atoms with Crippen molar-refractivity contribution in [2.45, 2.75) is 6.04 Å². The molecule has 5 nitrogen and oxygen atoms in total. The van der Waals surface area contributed by atoms with Crippen molar-refractivity contribution in [1.82, 2.24) is 10.3 Å². The Bertz CT molecular complexity index is 336. The van der Waals surface area contributed by atoms with Crippen LogP contribution in [0, 0.1) is 0 Å². The maximum absolute atomic E-state index is 11.0. The lowest BCUT2D eigenvalue weighted by atomic mass is 10.1. The van der Waals surface area contributed by atoms with E-state index in [4.69, 9.17) is 10.5 Å². The van der Waals surface area contributed by atoms with Crippen molar-refractivity contribution in [2.75, 3.05) is 18.9 Å². The fraction of sp³-hybridized carbons (Fsp3) is 0.333. The monoisotopic (exact) mass is 193 g/mol. The Balaban J connectivity index is 2.14. The number of carbonyl (C=O) groups is 1. The Hall–Kier alpha value is -1.62. The molecule has 2 rings (SSSR count). The van der Waals surface area contributed by atoms with Gasteiger partial charge < -0.3 is 15.8 Å². The maximum Gasteiger partial charge on any atom is 0.246 e. The average molecular weight is 193 g/mol. The molecule has 0 saturated carbocycles. The van der Waals surface area contributed by atoms with Crippen molar-refractivity contribution < 1.29 is 9.53 Å². The van der Waals surface area contributed by atoms with Crippen molar-refractivity contribution in [3.63, 3.8) is 0 Å². The first-order valence-electron chi connectivity index (χ1n) is 4.34. The molecule has 1 aliphatic rings. The van der Waals surface area contributed by atoms with Crippen molar-refractivity contribution in [3.05, 3.63) is 23.9 Å². The third-order valence-electron chi connectivity index (χ3n) is 2.06. The largest absolute Gasteiger partial charge is 0.384 e. The Morgan fingerprint density at radius 3 is 3.07 bits per heavy atom. The van der Waals surface area contributed by atoms with Gasteiger partial charge in [-0.15, -0.1) is 0 Å². The third-order valence-corrected chi connectivity index (χ3v) is 2.06. The molecule has 1 saturated heterocycles. The van der Waals surface area contributed by atoms with Crippen molar-refractivity contribution in [1.29, 1.82) is 0 Å². The van der Waals surface area contributed by atoms with Gasteiger partial charge in [-0.3, -0.25) is 4.79 Å². The number of nitrogens with one attached hydrogen (secondary N) is 1. The molecular formula is C9H11N3O2. The standard InChI is InChI=1S/C9H11N3O2/c10-8-2-1-6(3-11-8)7-4-14-5-9(13)12-7/h1-3,7H,4-5H2,(H2,10,11)(H,12,13)/t7-/m0/s1. The van der Waals surface area contributed by atoms with Gasteiger partial charge >= 0.3 is 0 Å². The zero-order valence-electron chi connectivity index (χ0n) is 7.56. The first-order chi connectivity index (χ1) is 6.75. The molecule has 0 aromatic carbocycles. The molecule has 2 heterocycles.